The number of nitrogens with one attached hydrogen (secondary N) is 7. The second-order valence-corrected chi connectivity index (χ2v) is 6.77. The number of carbonyl (C=O) groups excluding carboxylic acids is 2. The first-order valence-corrected chi connectivity index (χ1v) is 12.4. The summed E-state index contributed by atoms with van der Waals surface area (Å²) in [6.45, 7) is 5.20. The number of hydroxylamine groups is 3. The van der Waals surface area contributed by atoms with Gasteiger partial charge in [0.1, 0.15) is 6.61 Å². The Balaban J connectivity index is -0.000000260. The van der Waals surface area contributed by atoms with Crippen LogP contribution in [0.4, 0.5) is 4.79 Å². The number of alkyl carbamates (subject to hydrolysis) is 1. The molecule has 0 bridgehead atoms. The molecule has 21 heteroatoms. The number of nitrogens with two attached hydrogens (primary N) is 3. The van der Waals surface area contributed by atoms with Gasteiger partial charge < -0.3 is 46.2 Å². The van der Waals surface area contributed by atoms with Crippen molar-refractivity contribution in [1.29, 1.82) is 0 Å². The van der Waals surface area contributed by atoms with Crippen LogP contribution < -0.4 is 54.9 Å². The number of hydrogen-bond acceptors (Lipinski definition) is 19. The molecule has 0 heterocycles. The van der Waals surface area contributed by atoms with E-state index in [1.165, 1.54) is 0 Å². The minimum Gasteiger partial charge on any atom is -0.449 e. The van der Waals surface area contributed by atoms with Crippen molar-refractivity contribution in [3.63, 3.8) is 0 Å². The average molecular weight is 629 g/mol. The quantitative estimate of drug-likeness (QED) is 0.0184. The summed E-state index contributed by atoms with van der Waals surface area (Å²) in [5.41, 5.74) is 23.0. The Hall–Kier alpha value is -1.41. The Kier molecular flexibility index (Phi) is 51.7. The van der Waals surface area contributed by atoms with Gasteiger partial charge in [-0.05, 0) is 11.6 Å². The number of halogens is 1. The molecule has 20 nitrogen and oxygen atoms in total. The van der Waals surface area contributed by atoms with E-state index in [1.54, 1.807) is 14.2 Å². The van der Waals surface area contributed by atoms with Gasteiger partial charge in [0.25, 0.3) is 0 Å². The zero-order valence-electron chi connectivity index (χ0n) is 23.3. The zero-order chi connectivity index (χ0) is 30.4. The van der Waals surface area contributed by atoms with Crippen LogP contribution in [0, 0.1) is 0 Å². The number of amides is 1. The summed E-state index contributed by atoms with van der Waals surface area (Å²) < 4.78 is 24.2. The van der Waals surface area contributed by atoms with Crippen LogP contribution in [0.25, 0.3) is 0 Å². The number of ether oxygens (including phenoxy) is 5. The van der Waals surface area contributed by atoms with Crippen LogP contribution in [-0.4, -0.2) is 119 Å². The average Bonchev–Trinajstić information content (AvgIpc) is 2.93. The van der Waals surface area contributed by atoms with Crippen LogP contribution in [0.3, 0.4) is 0 Å². The van der Waals surface area contributed by atoms with Crippen LogP contribution in [0.15, 0.2) is 0 Å². The van der Waals surface area contributed by atoms with Gasteiger partial charge in [0.05, 0.1) is 79.7 Å². The third-order valence-corrected chi connectivity index (χ3v) is 3.39. The normalized spacial score (nSPS) is 10.0. The molecule has 0 rings (SSSR count). The molecule has 0 unspecified atom stereocenters. The highest BCUT2D eigenvalue weighted by atomic mass is 35.5. The lowest BCUT2D eigenvalue weighted by molar-refractivity contribution is -0.112. The van der Waals surface area contributed by atoms with E-state index >= 15 is 0 Å². The minimum atomic E-state index is -0.648. The number of methoxy groups -OCH3 is 2. The lowest BCUT2D eigenvalue weighted by atomic mass is 10.5. The predicted octanol–water partition coefficient (Wildman–Crippen LogP) is -3.37. The van der Waals surface area contributed by atoms with E-state index in [9.17, 15) is 9.59 Å². The highest BCUT2D eigenvalue weighted by molar-refractivity contribution is 6.63. The van der Waals surface area contributed by atoms with E-state index in [-0.39, 0.29) is 33.9 Å². The molecule has 0 atom stereocenters. The smallest absolute Gasteiger partial charge is 0.408 e. The van der Waals surface area contributed by atoms with Crippen molar-refractivity contribution in [2.24, 2.45) is 17.2 Å². The molecule has 0 aromatic rings. The van der Waals surface area contributed by atoms with E-state index in [0.29, 0.717) is 73.3 Å². The molecule has 0 aliphatic rings. The van der Waals surface area contributed by atoms with Crippen molar-refractivity contribution in [3.05, 3.63) is 0 Å². The van der Waals surface area contributed by atoms with Gasteiger partial charge in [-0.1, -0.05) is 7.43 Å². The van der Waals surface area contributed by atoms with Crippen LogP contribution >= 0.6 is 11.6 Å². The first-order chi connectivity index (χ1) is 19.5. The molecule has 0 spiro atoms. The predicted molar refractivity (Wildman–Crippen MR) is 151 cm³/mol. The van der Waals surface area contributed by atoms with Crippen LogP contribution in [0.1, 0.15) is 13.8 Å². The molecule has 13 N–H and O–H groups in total. The Morgan fingerprint density at radius 1 is 0.683 bits per heavy atom. The third kappa shape index (κ3) is 55.2. The Bertz CT molecular complexity index is 488. The fourth-order valence-electron chi connectivity index (χ4n) is 1.62. The summed E-state index contributed by atoms with van der Waals surface area (Å²) in [7, 11) is 3.17. The number of hydrogen-bond donors (Lipinski definition) is 10. The van der Waals surface area contributed by atoms with Gasteiger partial charge in [0.2, 0.25) is 5.24 Å². The van der Waals surface area contributed by atoms with Crippen molar-refractivity contribution in [2.75, 3.05) is 108 Å². The zero-order valence-corrected chi connectivity index (χ0v) is 24.1. The van der Waals surface area contributed by atoms with Crippen LogP contribution in [0.5, 0.6) is 0 Å². The largest absolute Gasteiger partial charge is 0.449 e. The lowest BCUT2D eigenvalue weighted by Crippen LogP contribution is -2.33. The molecule has 41 heavy (non-hydrogen) atoms. The maximum absolute atomic E-state index is 10.5. The van der Waals surface area contributed by atoms with Crippen molar-refractivity contribution in [2.45, 2.75) is 13.8 Å². The second-order valence-electron chi connectivity index (χ2n) is 6.35. The van der Waals surface area contributed by atoms with Gasteiger partial charge in [-0.3, -0.25) is 35.3 Å². The monoisotopic (exact) mass is 628 g/mol. The lowest BCUT2D eigenvalue weighted by Gasteiger charge is -2.09. The summed E-state index contributed by atoms with van der Waals surface area (Å²) in [6, 6.07) is 0. The van der Waals surface area contributed by atoms with Crippen molar-refractivity contribution in [1.82, 2.24) is 37.7 Å². The minimum absolute atomic E-state index is 0. The Morgan fingerprint density at radius 3 is 1.80 bits per heavy atom. The summed E-state index contributed by atoms with van der Waals surface area (Å²) in [4.78, 5) is 35.3. The van der Waals surface area contributed by atoms with E-state index < -0.39 is 11.3 Å². The second kappa shape index (κ2) is 45.6. The van der Waals surface area contributed by atoms with Gasteiger partial charge in [-0.2, -0.15) is 16.4 Å². The Labute approximate surface area is 247 Å². The van der Waals surface area contributed by atoms with Crippen molar-refractivity contribution < 1.29 is 47.8 Å². The molecule has 0 saturated carbocycles. The summed E-state index contributed by atoms with van der Waals surface area (Å²) in [5.74, 6) is 0. The molecule has 0 aliphatic carbocycles. The maximum atomic E-state index is 10.5. The standard InChI is InChI=1S/C9H24N4O5.C5H9ClN2O3.C5H16N4O2.CH4/c1-14-7-10-5-12-17-4-3-16-8-11-6-13-18-9-15-2;6-4(9)1-2-11-5(10)8-3-7;6-3-8-5-10-1-2-11-9-4-7;/h10-13H,3-9H2,1-2H3;1-3,7H2,(H,8,10);8-9H,1-7H2;1H4. The molecular formula is C20H53ClN10O10. The highest BCUT2D eigenvalue weighted by Gasteiger charge is 2.00. The molecular weight excluding hydrogens is 576 g/mol. The van der Waals surface area contributed by atoms with Crippen molar-refractivity contribution >= 4 is 22.9 Å². The van der Waals surface area contributed by atoms with E-state index in [2.05, 4.69) is 47.2 Å². The molecule has 250 valence electrons. The third-order valence-electron chi connectivity index (χ3n) is 3.20. The SMILES string of the molecule is C.COCNCNOCCOCNCNOCOC.NCNC(=O)OCCC(=O)Cl.NCNCOCCONCN. The molecule has 0 aromatic heterocycles. The van der Waals surface area contributed by atoms with Crippen molar-refractivity contribution in [3.8, 4) is 0 Å². The molecule has 0 saturated heterocycles. The Morgan fingerprint density at radius 2 is 1.27 bits per heavy atom. The first kappa shape index (κ1) is 46.5. The number of rotatable bonds is 27. The first-order valence-electron chi connectivity index (χ1n) is 12.0. The van der Waals surface area contributed by atoms with Crippen LogP contribution in [0.2, 0.25) is 0 Å². The molecule has 0 aliphatic heterocycles. The maximum Gasteiger partial charge on any atom is 0.408 e. The highest BCUT2D eigenvalue weighted by Crippen LogP contribution is 1.89. The molecule has 0 fully saturated rings. The number of carbonyl (C=O) groups is 2. The van der Waals surface area contributed by atoms with E-state index in [0.717, 1.165) is 0 Å². The fourth-order valence-corrected chi connectivity index (χ4v) is 1.70. The molecule has 1 amide bonds. The summed E-state index contributed by atoms with van der Waals surface area (Å²) >= 11 is 4.96. The van der Waals surface area contributed by atoms with Gasteiger partial charge in [-0.25, -0.2) is 4.79 Å². The van der Waals surface area contributed by atoms with E-state index in [4.69, 9.17) is 57.5 Å². The van der Waals surface area contributed by atoms with Gasteiger partial charge in [0, 0.05) is 20.9 Å². The summed E-state index contributed by atoms with van der Waals surface area (Å²) in [6.07, 6.45) is -0.634. The molecule has 0 radical (unpaired) electrons. The fraction of sp³-hybridized carbons (Fsp3) is 0.900. The van der Waals surface area contributed by atoms with E-state index in [1.807, 2.05) is 0 Å². The summed E-state index contributed by atoms with van der Waals surface area (Å²) in [5, 5.41) is 10.3. The van der Waals surface area contributed by atoms with Crippen LogP contribution in [-0.2, 0) is 43.0 Å². The van der Waals surface area contributed by atoms with Gasteiger partial charge >= 0.3 is 6.09 Å². The molecule has 0 aromatic carbocycles. The topological polar surface area (TPSA) is 270 Å². The van der Waals surface area contributed by atoms with Gasteiger partial charge in [0.15, 0.2) is 6.79 Å². The van der Waals surface area contributed by atoms with Gasteiger partial charge in [-0.15, -0.1) is 0 Å².